The van der Waals surface area contributed by atoms with Gasteiger partial charge in [0.05, 0.1) is 11.3 Å². The van der Waals surface area contributed by atoms with Crippen molar-refractivity contribution in [1.82, 2.24) is 10.3 Å². The molecule has 0 radical (unpaired) electrons. The van der Waals surface area contributed by atoms with Crippen molar-refractivity contribution in [2.45, 2.75) is 38.6 Å². The Labute approximate surface area is 107 Å². The number of carboxylic acids is 1. The summed E-state index contributed by atoms with van der Waals surface area (Å²) in [5.74, 6) is -0.124. The summed E-state index contributed by atoms with van der Waals surface area (Å²) in [7, 11) is 0. The minimum Gasteiger partial charge on any atom is -0.478 e. The Kier molecular flexibility index (Phi) is 4.70. The summed E-state index contributed by atoms with van der Waals surface area (Å²) in [6, 6.07) is 3.38. The lowest BCUT2D eigenvalue weighted by Gasteiger charge is -2.21. The monoisotopic (exact) mass is 248 g/mol. The third kappa shape index (κ3) is 3.81. The van der Waals surface area contributed by atoms with Crippen molar-refractivity contribution in [1.29, 1.82) is 0 Å². The molecule has 2 rings (SSSR count). The van der Waals surface area contributed by atoms with E-state index in [1.54, 1.807) is 12.1 Å². The third-order valence-corrected chi connectivity index (χ3v) is 3.54. The van der Waals surface area contributed by atoms with Crippen LogP contribution in [0.5, 0.6) is 0 Å². The van der Waals surface area contributed by atoms with E-state index in [0.717, 1.165) is 24.7 Å². The van der Waals surface area contributed by atoms with E-state index in [1.165, 1.54) is 38.3 Å². The summed E-state index contributed by atoms with van der Waals surface area (Å²) in [5, 5.41) is 12.2. The summed E-state index contributed by atoms with van der Waals surface area (Å²) < 4.78 is 0. The maximum Gasteiger partial charge on any atom is 0.337 e. The predicted molar refractivity (Wildman–Crippen MR) is 69.5 cm³/mol. The number of carboxylic acid groups (broad SMARTS) is 1. The van der Waals surface area contributed by atoms with Gasteiger partial charge < -0.3 is 10.4 Å². The minimum atomic E-state index is -0.927. The van der Waals surface area contributed by atoms with Gasteiger partial charge in [0, 0.05) is 12.7 Å². The molecule has 1 aromatic heterocycles. The molecule has 4 nitrogen and oxygen atoms in total. The van der Waals surface area contributed by atoms with E-state index >= 15 is 0 Å². The van der Waals surface area contributed by atoms with E-state index in [9.17, 15) is 4.79 Å². The van der Waals surface area contributed by atoms with Crippen molar-refractivity contribution < 1.29 is 9.90 Å². The summed E-state index contributed by atoms with van der Waals surface area (Å²) >= 11 is 0. The first-order valence-electron chi connectivity index (χ1n) is 6.64. The summed E-state index contributed by atoms with van der Waals surface area (Å²) in [6.07, 6.45) is 8.18. The second kappa shape index (κ2) is 6.50. The lowest BCUT2D eigenvalue weighted by atomic mass is 9.89. The first-order valence-corrected chi connectivity index (χ1v) is 6.64. The van der Waals surface area contributed by atoms with Crippen LogP contribution in [0.2, 0.25) is 0 Å². The van der Waals surface area contributed by atoms with Crippen molar-refractivity contribution in [2.24, 2.45) is 5.92 Å². The fourth-order valence-electron chi connectivity index (χ4n) is 2.45. The van der Waals surface area contributed by atoms with Gasteiger partial charge in [-0.1, -0.05) is 19.3 Å². The van der Waals surface area contributed by atoms with Gasteiger partial charge in [-0.3, -0.25) is 4.98 Å². The van der Waals surface area contributed by atoms with E-state index in [0.29, 0.717) is 0 Å². The number of nitrogens with zero attached hydrogens (tertiary/aromatic N) is 1. The van der Waals surface area contributed by atoms with Crippen LogP contribution >= 0.6 is 0 Å². The van der Waals surface area contributed by atoms with Gasteiger partial charge in [-0.05, 0) is 37.4 Å². The molecule has 1 aromatic rings. The molecular weight excluding hydrogens is 228 g/mol. The second-order valence-corrected chi connectivity index (χ2v) is 4.98. The Bertz CT molecular complexity index is 383. The Morgan fingerprint density at radius 2 is 2.11 bits per heavy atom. The molecule has 18 heavy (non-hydrogen) atoms. The molecule has 98 valence electrons. The van der Waals surface area contributed by atoms with Crippen LogP contribution in [0.4, 0.5) is 0 Å². The fourth-order valence-corrected chi connectivity index (χ4v) is 2.45. The fraction of sp³-hybridized carbons (Fsp3) is 0.571. The molecule has 1 aliphatic carbocycles. The zero-order valence-corrected chi connectivity index (χ0v) is 10.6. The van der Waals surface area contributed by atoms with Crippen LogP contribution in [0.25, 0.3) is 0 Å². The molecule has 1 heterocycles. The minimum absolute atomic E-state index is 0.242. The number of rotatable bonds is 5. The van der Waals surface area contributed by atoms with Gasteiger partial charge in [0.25, 0.3) is 0 Å². The van der Waals surface area contributed by atoms with Crippen LogP contribution in [0, 0.1) is 5.92 Å². The quantitative estimate of drug-likeness (QED) is 0.840. The van der Waals surface area contributed by atoms with Crippen LogP contribution in [0.1, 0.15) is 48.2 Å². The van der Waals surface area contributed by atoms with Gasteiger partial charge >= 0.3 is 5.97 Å². The van der Waals surface area contributed by atoms with Crippen LogP contribution in [0.15, 0.2) is 18.3 Å². The summed E-state index contributed by atoms with van der Waals surface area (Å²) in [6.45, 7) is 1.76. The summed E-state index contributed by atoms with van der Waals surface area (Å²) in [5.41, 5.74) is 1.14. The second-order valence-electron chi connectivity index (χ2n) is 4.98. The highest BCUT2D eigenvalue weighted by Gasteiger charge is 2.12. The van der Waals surface area contributed by atoms with Gasteiger partial charge in [0.1, 0.15) is 0 Å². The maximum absolute atomic E-state index is 10.7. The van der Waals surface area contributed by atoms with Gasteiger partial charge in [0.15, 0.2) is 0 Å². The smallest absolute Gasteiger partial charge is 0.337 e. The van der Waals surface area contributed by atoms with E-state index in [2.05, 4.69) is 10.3 Å². The normalized spacial score (nSPS) is 16.7. The average Bonchev–Trinajstić information content (AvgIpc) is 2.40. The first kappa shape index (κ1) is 13.0. The van der Waals surface area contributed by atoms with Gasteiger partial charge in [-0.2, -0.15) is 0 Å². The van der Waals surface area contributed by atoms with Gasteiger partial charge in [-0.25, -0.2) is 4.79 Å². The number of carbonyl (C=O) groups is 1. The zero-order valence-electron chi connectivity index (χ0n) is 10.6. The molecule has 0 aliphatic heterocycles. The molecule has 0 atom stereocenters. The largest absolute Gasteiger partial charge is 0.478 e. The molecule has 0 aromatic carbocycles. The topological polar surface area (TPSA) is 62.2 Å². The molecule has 0 bridgehead atoms. The van der Waals surface area contributed by atoms with E-state index in [4.69, 9.17) is 5.11 Å². The third-order valence-electron chi connectivity index (χ3n) is 3.54. The molecule has 4 heteroatoms. The summed E-state index contributed by atoms with van der Waals surface area (Å²) in [4.78, 5) is 14.8. The molecule has 0 saturated heterocycles. The number of pyridine rings is 1. The number of hydrogen-bond donors (Lipinski definition) is 2. The molecule has 1 aliphatic rings. The first-order chi connectivity index (χ1) is 8.75. The Balaban J connectivity index is 1.74. The van der Waals surface area contributed by atoms with Crippen molar-refractivity contribution >= 4 is 5.97 Å². The van der Waals surface area contributed by atoms with E-state index in [1.807, 2.05) is 0 Å². The van der Waals surface area contributed by atoms with Gasteiger partial charge in [0.2, 0.25) is 0 Å². The lowest BCUT2D eigenvalue weighted by Crippen LogP contribution is -2.24. The molecule has 1 saturated carbocycles. The van der Waals surface area contributed by atoms with Crippen LogP contribution < -0.4 is 5.32 Å². The standard InChI is InChI=1S/C14H20N2O2/c17-14(18)12-6-7-13(16-9-12)10-15-8-11-4-2-1-3-5-11/h6-7,9,11,15H,1-5,8,10H2,(H,17,18). The molecule has 0 amide bonds. The van der Waals surface area contributed by atoms with Crippen LogP contribution in [-0.4, -0.2) is 22.6 Å². The predicted octanol–water partition coefficient (Wildman–Crippen LogP) is 2.45. The Hall–Kier alpha value is -1.42. The van der Waals surface area contributed by atoms with Crippen LogP contribution in [0.3, 0.4) is 0 Å². The van der Waals surface area contributed by atoms with Gasteiger partial charge in [-0.15, -0.1) is 0 Å². The lowest BCUT2D eigenvalue weighted by molar-refractivity contribution is 0.0696. The number of aromatic carboxylic acids is 1. The van der Waals surface area contributed by atoms with Crippen molar-refractivity contribution in [3.05, 3.63) is 29.6 Å². The number of hydrogen-bond acceptors (Lipinski definition) is 3. The van der Waals surface area contributed by atoms with Crippen LogP contribution in [-0.2, 0) is 6.54 Å². The highest BCUT2D eigenvalue weighted by Crippen LogP contribution is 2.22. The highest BCUT2D eigenvalue weighted by molar-refractivity contribution is 5.87. The number of nitrogens with one attached hydrogen (secondary N) is 1. The average molecular weight is 248 g/mol. The van der Waals surface area contributed by atoms with E-state index < -0.39 is 5.97 Å². The molecule has 1 fully saturated rings. The van der Waals surface area contributed by atoms with E-state index in [-0.39, 0.29) is 5.56 Å². The Morgan fingerprint density at radius 1 is 1.33 bits per heavy atom. The van der Waals surface area contributed by atoms with Crippen molar-refractivity contribution in [2.75, 3.05) is 6.54 Å². The molecule has 0 spiro atoms. The molecule has 2 N–H and O–H groups in total. The highest BCUT2D eigenvalue weighted by atomic mass is 16.4. The van der Waals surface area contributed by atoms with Crippen molar-refractivity contribution in [3.63, 3.8) is 0 Å². The molecular formula is C14H20N2O2. The number of aromatic nitrogens is 1. The SMILES string of the molecule is O=C(O)c1ccc(CNCC2CCCCC2)nc1. The zero-order chi connectivity index (χ0) is 12.8. The maximum atomic E-state index is 10.7. The molecule has 0 unspecified atom stereocenters. The Morgan fingerprint density at radius 3 is 2.72 bits per heavy atom. The van der Waals surface area contributed by atoms with Crippen molar-refractivity contribution in [3.8, 4) is 0 Å².